The van der Waals surface area contributed by atoms with Gasteiger partial charge in [0.2, 0.25) is 5.78 Å². The number of hydrogen-bond acceptors (Lipinski definition) is 5. The Balaban J connectivity index is 1.67. The van der Waals surface area contributed by atoms with Crippen LogP contribution in [0.3, 0.4) is 0 Å². The van der Waals surface area contributed by atoms with Gasteiger partial charge in [-0.15, -0.1) is 0 Å². The van der Waals surface area contributed by atoms with Gasteiger partial charge in [-0.1, -0.05) is 48.5 Å². The third-order valence-electron chi connectivity index (χ3n) is 4.47. The van der Waals surface area contributed by atoms with Gasteiger partial charge in [-0.3, -0.25) is 9.59 Å². The predicted molar refractivity (Wildman–Crippen MR) is 107 cm³/mol. The molecule has 0 radical (unpaired) electrons. The molecule has 0 saturated carbocycles. The van der Waals surface area contributed by atoms with Gasteiger partial charge in [0.25, 0.3) is 5.56 Å². The van der Waals surface area contributed by atoms with E-state index in [1.54, 1.807) is 42.6 Å². The van der Waals surface area contributed by atoms with Gasteiger partial charge in [0.1, 0.15) is 0 Å². The summed E-state index contributed by atoms with van der Waals surface area (Å²) in [6.07, 6.45) is 1.61. The minimum absolute atomic E-state index is 0.00424. The number of aromatic amines is 1. The first-order chi connectivity index (χ1) is 14.1. The second-order valence-electron chi connectivity index (χ2n) is 6.43. The number of ether oxygens (including phenoxy) is 1. The lowest BCUT2D eigenvalue weighted by Crippen LogP contribution is -2.27. The molecule has 0 aliphatic rings. The first-order valence-electron chi connectivity index (χ1n) is 9.01. The number of hydrogen-bond donors (Lipinski definition) is 1. The number of ketones is 1. The zero-order chi connectivity index (χ0) is 20.2. The fraction of sp³-hybridized carbons (Fsp3) is 0.0909. The Morgan fingerprint density at radius 2 is 1.66 bits per heavy atom. The molecule has 0 saturated heterocycles. The molecule has 29 heavy (non-hydrogen) atoms. The van der Waals surface area contributed by atoms with Crippen LogP contribution in [0.2, 0.25) is 0 Å². The highest BCUT2D eigenvalue weighted by atomic mass is 16.5. The summed E-state index contributed by atoms with van der Waals surface area (Å²) < 4.78 is 6.42. The van der Waals surface area contributed by atoms with Crippen molar-refractivity contribution in [1.82, 2.24) is 14.8 Å². The topological polar surface area (TPSA) is 94.1 Å². The maximum Gasteiger partial charge on any atom is 0.359 e. The Morgan fingerprint density at radius 3 is 2.38 bits per heavy atom. The molecule has 0 aliphatic heterocycles. The lowest BCUT2D eigenvalue weighted by atomic mass is 10.1. The van der Waals surface area contributed by atoms with Gasteiger partial charge in [-0.2, -0.15) is 5.10 Å². The van der Waals surface area contributed by atoms with E-state index < -0.39 is 12.6 Å². The van der Waals surface area contributed by atoms with E-state index >= 15 is 0 Å². The summed E-state index contributed by atoms with van der Waals surface area (Å²) in [6.45, 7) is -0.209. The van der Waals surface area contributed by atoms with Crippen molar-refractivity contribution in [1.29, 1.82) is 0 Å². The average Bonchev–Trinajstić information content (AvgIpc) is 3.30. The number of nitrogens with zero attached hydrogens (tertiary/aromatic N) is 2. The third kappa shape index (κ3) is 3.84. The molecule has 7 heteroatoms. The summed E-state index contributed by atoms with van der Waals surface area (Å²) in [4.78, 5) is 40.4. The average molecular weight is 387 g/mol. The van der Waals surface area contributed by atoms with E-state index in [-0.39, 0.29) is 23.6 Å². The van der Waals surface area contributed by atoms with Crippen LogP contribution >= 0.6 is 0 Å². The highest BCUT2D eigenvalue weighted by Gasteiger charge is 2.19. The molecule has 0 atom stereocenters. The number of aromatic nitrogens is 3. The molecule has 4 rings (SSSR count). The fourth-order valence-corrected chi connectivity index (χ4v) is 3.03. The van der Waals surface area contributed by atoms with Crippen molar-refractivity contribution in [3.05, 3.63) is 100 Å². The van der Waals surface area contributed by atoms with Gasteiger partial charge in [-0.05, 0) is 23.8 Å². The second-order valence-corrected chi connectivity index (χ2v) is 6.43. The van der Waals surface area contributed by atoms with Gasteiger partial charge in [-0.25, -0.2) is 9.48 Å². The molecule has 144 valence electrons. The highest BCUT2D eigenvalue weighted by molar-refractivity contribution is 6.03. The van der Waals surface area contributed by atoms with E-state index in [9.17, 15) is 14.4 Å². The second kappa shape index (κ2) is 7.93. The fourth-order valence-electron chi connectivity index (χ4n) is 3.03. The monoisotopic (exact) mass is 387 g/mol. The van der Waals surface area contributed by atoms with E-state index in [0.717, 1.165) is 5.56 Å². The van der Waals surface area contributed by atoms with Gasteiger partial charge in [0.15, 0.2) is 12.3 Å². The molecule has 0 fully saturated rings. The van der Waals surface area contributed by atoms with Crippen LogP contribution in [-0.4, -0.2) is 33.1 Å². The van der Waals surface area contributed by atoms with Crippen LogP contribution in [0.5, 0.6) is 0 Å². The first kappa shape index (κ1) is 18.4. The number of H-pyrrole nitrogens is 1. The van der Waals surface area contributed by atoms with E-state index in [1.807, 2.05) is 30.3 Å². The van der Waals surface area contributed by atoms with Crippen molar-refractivity contribution >= 4 is 22.5 Å². The van der Waals surface area contributed by atoms with Crippen LogP contribution in [-0.2, 0) is 11.3 Å². The third-order valence-corrected chi connectivity index (χ3v) is 4.47. The van der Waals surface area contributed by atoms with Crippen molar-refractivity contribution in [2.45, 2.75) is 6.54 Å². The molecule has 0 aliphatic carbocycles. The predicted octanol–water partition coefficient (Wildman–Crippen LogP) is 2.81. The summed E-state index contributed by atoms with van der Waals surface area (Å²) in [5.41, 5.74) is 0.919. The number of nitrogens with one attached hydrogen (secondary N) is 1. The minimum Gasteiger partial charge on any atom is -0.452 e. The number of carbonyl (C=O) groups is 2. The summed E-state index contributed by atoms with van der Waals surface area (Å²) in [5.74, 6) is -1.12. The summed E-state index contributed by atoms with van der Waals surface area (Å²) in [6, 6.07) is 19.4. The number of rotatable bonds is 6. The van der Waals surface area contributed by atoms with Gasteiger partial charge in [0, 0.05) is 11.6 Å². The van der Waals surface area contributed by atoms with Crippen molar-refractivity contribution in [2.24, 2.45) is 0 Å². The van der Waals surface area contributed by atoms with Gasteiger partial charge in [0.05, 0.1) is 17.6 Å². The largest absolute Gasteiger partial charge is 0.452 e. The van der Waals surface area contributed by atoms with Gasteiger partial charge >= 0.3 is 5.97 Å². The van der Waals surface area contributed by atoms with Crippen molar-refractivity contribution in [3.63, 3.8) is 0 Å². The molecule has 0 bridgehead atoms. The smallest absolute Gasteiger partial charge is 0.359 e. The van der Waals surface area contributed by atoms with Crippen LogP contribution < -0.4 is 5.56 Å². The molecule has 7 nitrogen and oxygen atoms in total. The van der Waals surface area contributed by atoms with E-state index in [2.05, 4.69) is 10.1 Å². The van der Waals surface area contributed by atoms with E-state index in [4.69, 9.17) is 4.74 Å². The Morgan fingerprint density at radius 1 is 0.931 bits per heavy atom. The number of fused-ring (bicyclic) bond motifs is 1. The number of esters is 1. The standard InChI is InChI=1S/C22H17N3O4/c26-19(18-11-6-12-23-18)14-29-22(28)20-16-9-4-5-10-17(16)21(27)25(24-20)13-15-7-2-1-3-8-15/h1-12,23H,13-14H2. The first-order valence-corrected chi connectivity index (χ1v) is 9.01. The zero-order valence-corrected chi connectivity index (χ0v) is 15.4. The van der Waals surface area contributed by atoms with Crippen molar-refractivity contribution in [2.75, 3.05) is 6.61 Å². The molecule has 2 aromatic carbocycles. The van der Waals surface area contributed by atoms with E-state index in [0.29, 0.717) is 16.5 Å². The molecule has 2 heterocycles. The lowest BCUT2D eigenvalue weighted by molar-refractivity contribution is 0.0467. The maximum atomic E-state index is 12.8. The summed E-state index contributed by atoms with van der Waals surface area (Å²) in [5, 5.41) is 5.00. The number of Topliss-reactive ketones (excluding diaryl/α,β-unsaturated/α-hetero) is 1. The minimum atomic E-state index is -0.761. The van der Waals surface area contributed by atoms with Gasteiger partial charge < -0.3 is 9.72 Å². The van der Waals surface area contributed by atoms with Crippen LogP contribution in [0.4, 0.5) is 0 Å². The van der Waals surface area contributed by atoms with Crippen LogP contribution in [0.15, 0.2) is 77.7 Å². The molecule has 0 amide bonds. The molecule has 0 spiro atoms. The molecule has 1 N–H and O–H groups in total. The SMILES string of the molecule is O=C(COC(=O)c1nn(Cc2ccccc2)c(=O)c2ccccc12)c1ccc[nH]1. The maximum absolute atomic E-state index is 12.8. The lowest BCUT2D eigenvalue weighted by Gasteiger charge is -2.11. The van der Waals surface area contributed by atoms with E-state index in [1.165, 1.54) is 4.68 Å². The quantitative estimate of drug-likeness (QED) is 0.406. The van der Waals surface area contributed by atoms with Crippen LogP contribution in [0.25, 0.3) is 10.8 Å². The molecule has 2 aromatic heterocycles. The van der Waals surface area contributed by atoms with Crippen molar-refractivity contribution in [3.8, 4) is 0 Å². The zero-order valence-electron chi connectivity index (χ0n) is 15.4. The molecule has 0 unspecified atom stereocenters. The summed E-state index contributed by atoms with van der Waals surface area (Å²) >= 11 is 0. The van der Waals surface area contributed by atoms with Crippen LogP contribution in [0.1, 0.15) is 26.5 Å². The number of carbonyl (C=O) groups excluding carboxylic acids is 2. The molecular weight excluding hydrogens is 370 g/mol. The molecular formula is C22H17N3O4. The molecule has 4 aromatic rings. The highest BCUT2D eigenvalue weighted by Crippen LogP contribution is 2.15. The summed E-state index contributed by atoms with van der Waals surface area (Å²) in [7, 11) is 0. The normalized spacial score (nSPS) is 10.8. The van der Waals surface area contributed by atoms with Crippen LogP contribution in [0, 0.1) is 0 Å². The Bertz CT molecular complexity index is 1230. The number of benzene rings is 2. The van der Waals surface area contributed by atoms with Crippen molar-refractivity contribution < 1.29 is 14.3 Å². The Labute approximate surface area is 165 Å². The Hall–Kier alpha value is -4.00. The Kier molecular flexibility index (Phi) is 5.03.